The van der Waals surface area contributed by atoms with Crippen molar-refractivity contribution >= 4 is 11.7 Å². The van der Waals surface area contributed by atoms with Gasteiger partial charge in [0.2, 0.25) is 5.91 Å². The van der Waals surface area contributed by atoms with Crippen LogP contribution in [0.1, 0.15) is 49.6 Å². The standard InChI is InChI=1S/C23H31N5O/c1-3-20-16-25-18(2)26-22(20)27-14-9-23(10-15-27)8-4-21(29)28(17-23)13-7-19-5-11-24-12-6-19/h5-6,11-12,16H,3-4,7-10,13-15,17H2,1-2H3. The van der Waals surface area contributed by atoms with Gasteiger partial charge in [-0.3, -0.25) is 9.78 Å². The number of amides is 1. The van der Waals surface area contributed by atoms with Gasteiger partial charge in [-0.25, -0.2) is 9.97 Å². The molecule has 1 spiro atoms. The quantitative estimate of drug-likeness (QED) is 0.781. The van der Waals surface area contributed by atoms with E-state index in [-0.39, 0.29) is 5.41 Å². The van der Waals surface area contributed by atoms with Gasteiger partial charge >= 0.3 is 0 Å². The predicted molar refractivity (Wildman–Crippen MR) is 114 cm³/mol. The number of carbonyl (C=O) groups excluding carboxylic acids is 1. The highest BCUT2D eigenvalue weighted by atomic mass is 16.2. The number of nitrogens with zero attached hydrogens (tertiary/aromatic N) is 5. The first-order chi connectivity index (χ1) is 14.1. The summed E-state index contributed by atoms with van der Waals surface area (Å²) in [7, 11) is 0. The highest BCUT2D eigenvalue weighted by Gasteiger charge is 2.41. The lowest BCUT2D eigenvalue weighted by Gasteiger charge is -2.48. The smallest absolute Gasteiger partial charge is 0.222 e. The first-order valence-electron chi connectivity index (χ1n) is 10.8. The van der Waals surface area contributed by atoms with Crippen LogP contribution in [-0.4, -0.2) is 51.9 Å². The fourth-order valence-electron chi connectivity index (χ4n) is 4.73. The van der Waals surface area contributed by atoms with E-state index < -0.39 is 0 Å². The molecule has 0 atom stereocenters. The van der Waals surface area contributed by atoms with Crippen LogP contribution in [-0.2, 0) is 17.6 Å². The third-order valence-electron chi connectivity index (χ3n) is 6.63. The maximum atomic E-state index is 12.5. The maximum absolute atomic E-state index is 12.5. The molecule has 4 rings (SSSR count). The molecule has 154 valence electrons. The van der Waals surface area contributed by atoms with Crippen LogP contribution >= 0.6 is 0 Å². The Bertz CT molecular complexity index is 846. The minimum Gasteiger partial charge on any atom is -0.356 e. The van der Waals surface area contributed by atoms with E-state index in [2.05, 4.69) is 26.7 Å². The molecule has 2 aromatic rings. The van der Waals surface area contributed by atoms with Crippen molar-refractivity contribution < 1.29 is 4.79 Å². The zero-order valence-electron chi connectivity index (χ0n) is 17.6. The van der Waals surface area contributed by atoms with Gasteiger partial charge in [-0.05, 0) is 62.1 Å². The van der Waals surface area contributed by atoms with Gasteiger partial charge in [0.1, 0.15) is 11.6 Å². The molecule has 0 saturated carbocycles. The Balaban J connectivity index is 1.40. The highest BCUT2D eigenvalue weighted by molar-refractivity contribution is 5.77. The average molecular weight is 394 g/mol. The Labute approximate surface area is 173 Å². The van der Waals surface area contributed by atoms with Gasteiger partial charge in [-0.1, -0.05) is 6.92 Å². The lowest BCUT2D eigenvalue weighted by atomic mass is 9.72. The van der Waals surface area contributed by atoms with Gasteiger partial charge in [0.05, 0.1) is 0 Å². The van der Waals surface area contributed by atoms with Gasteiger partial charge in [0, 0.05) is 56.8 Å². The van der Waals surface area contributed by atoms with E-state index in [9.17, 15) is 4.79 Å². The molecule has 2 fully saturated rings. The second-order valence-electron chi connectivity index (χ2n) is 8.53. The SMILES string of the molecule is CCc1cnc(C)nc1N1CCC2(CCC(=O)N(CCc3ccncc3)C2)CC1. The second-order valence-corrected chi connectivity index (χ2v) is 8.53. The molecule has 6 heteroatoms. The Morgan fingerprint density at radius 2 is 1.90 bits per heavy atom. The van der Waals surface area contributed by atoms with Crippen molar-refractivity contribution in [2.45, 2.75) is 52.4 Å². The third-order valence-corrected chi connectivity index (χ3v) is 6.63. The van der Waals surface area contributed by atoms with E-state index >= 15 is 0 Å². The second kappa shape index (κ2) is 8.47. The lowest BCUT2D eigenvalue weighted by molar-refractivity contribution is -0.138. The van der Waals surface area contributed by atoms with Crippen LogP contribution in [0, 0.1) is 12.3 Å². The number of carbonyl (C=O) groups is 1. The summed E-state index contributed by atoms with van der Waals surface area (Å²) in [5, 5.41) is 0. The summed E-state index contributed by atoms with van der Waals surface area (Å²) in [6.45, 7) is 7.84. The van der Waals surface area contributed by atoms with Gasteiger partial charge in [-0.15, -0.1) is 0 Å². The minimum absolute atomic E-state index is 0.261. The Hall–Kier alpha value is -2.50. The molecule has 0 bridgehead atoms. The molecule has 4 heterocycles. The molecule has 29 heavy (non-hydrogen) atoms. The highest BCUT2D eigenvalue weighted by Crippen LogP contribution is 2.41. The summed E-state index contributed by atoms with van der Waals surface area (Å²) >= 11 is 0. The zero-order valence-corrected chi connectivity index (χ0v) is 17.6. The van der Waals surface area contributed by atoms with Crippen LogP contribution in [0.4, 0.5) is 5.82 Å². The van der Waals surface area contributed by atoms with Crippen LogP contribution in [0.3, 0.4) is 0 Å². The number of likely N-dealkylation sites (tertiary alicyclic amines) is 1. The van der Waals surface area contributed by atoms with E-state index in [4.69, 9.17) is 4.98 Å². The van der Waals surface area contributed by atoms with Gasteiger partial charge in [0.15, 0.2) is 0 Å². The van der Waals surface area contributed by atoms with Crippen molar-refractivity contribution in [1.29, 1.82) is 0 Å². The summed E-state index contributed by atoms with van der Waals surface area (Å²) in [6.07, 6.45) is 11.4. The summed E-state index contributed by atoms with van der Waals surface area (Å²) in [5.74, 6) is 2.26. The van der Waals surface area contributed by atoms with Gasteiger partial charge < -0.3 is 9.80 Å². The molecule has 0 radical (unpaired) electrons. The van der Waals surface area contributed by atoms with E-state index in [0.717, 1.165) is 69.9 Å². The largest absolute Gasteiger partial charge is 0.356 e. The van der Waals surface area contributed by atoms with Crippen LogP contribution in [0.2, 0.25) is 0 Å². The fourth-order valence-corrected chi connectivity index (χ4v) is 4.73. The summed E-state index contributed by atoms with van der Waals surface area (Å²) in [4.78, 5) is 30.2. The average Bonchev–Trinajstić information content (AvgIpc) is 2.76. The molecule has 2 saturated heterocycles. The first-order valence-corrected chi connectivity index (χ1v) is 10.8. The van der Waals surface area contributed by atoms with Crippen LogP contribution < -0.4 is 4.90 Å². The molecule has 2 aromatic heterocycles. The minimum atomic E-state index is 0.261. The number of aryl methyl sites for hydroxylation is 2. The van der Waals surface area contributed by atoms with E-state index in [1.165, 1.54) is 11.1 Å². The molecule has 0 aromatic carbocycles. The molecule has 2 aliphatic rings. The normalized spacial score (nSPS) is 19.0. The fraction of sp³-hybridized carbons (Fsp3) is 0.565. The van der Waals surface area contributed by atoms with Crippen molar-refractivity contribution in [3.8, 4) is 0 Å². The molecule has 0 N–H and O–H groups in total. The molecule has 2 aliphatic heterocycles. The summed E-state index contributed by atoms with van der Waals surface area (Å²) in [6, 6.07) is 4.08. The van der Waals surface area contributed by atoms with Crippen molar-refractivity contribution in [2.75, 3.05) is 31.1 Å². The van der Waals surface area contributed by atoms with Crippen LogP contribution in [0.25, 0.3) is 0 Å². The maximum Gasteiger partial charge on any atom is 0.222 e. The Morgan fingerprint density at radius 1 is 1.14 bits per heavy atom. The van der Waals surface area contributed by atoms with Gasteiger partial charge in [0.25, 0.3) is 0 Å². The van der Waals surface area contributed by atoms with Crippen molar-refractivity contribution in [3.63, 3.8) is 0 Å². The van der Waals surface area contributed by atoms with E-state index in [1.54, 1.807) is 0 Å². The summed E-state index contributed by atoms with van der Waals surface area (Å²) < 4.78 is 0. The molecule has 6 nitrogen and oxygen atoms in total. The number of rotatable bonds is 5. The number of piperidine rings is 2. The molecule has 0 unspecified atom stereocenters. The Kier molecular flexibility index (Phi) is 5.79. The summed E-state index contributed by atoms with van der Waals surface area (Å²) in [5.41, 5.74) is 2.73. The van der Waals surface area contributed by atoms with E-state index in [0.29, 0.717) is 12.3 Å². The predicted octanol–water partition coefficient (Wildman–Crippen LogP) is 3.19. The van der Waals surface area contributed by atoms with Crippen LogP contribution in [0.15, 0.2) is 30.7 Å². The number of hydrogen-bond donors (Lipinski definition) is 0. The van der Waals surface area contributed by atoms with Gasteiger partial charge in [-0.2, -0.15) is 0 Å². The first kappa shape index (κ1) is 19.8. The van der Waals surface area contributed by atoms with E-state index in [1.807, 2.05) is 37.6 Å². The van der Waals surface area contributed by atoms with Crippen LogP contribution in [0.5, 0.6) is 0 Å². The number of hydrogen-bond acceptors (Lipinski definition) is 5. The number of anilines is 1. The lowest BCUT2D eigenvalue weighted by Crippen LogP contribution is -2.52. The molecule has 0 aliphatic carbocycles. The third kappa shape index (κ3) is 4.41. The number of pyridine rings is 1. The van der Waals surface area contributed by atoms with Crippen molar-refractivity contribution in [1.82, 2.24) is 19.9 Å². The van der Waals surface area contributed by atoms with Crippen molar-refractivity contribution in [2.24, 2.45) is 5.41 Å². The Morgan fingerprint density at radius 3 is 2.62 bits per heavy atom. The molecular weight excluding hydrogens is 362 g/mol. The van der Waals surface area contributed by atoms with Crippen molar-refractivity contribution in [3.05, 3.63) is 47.7 Å². The molecular formula is C23H31N5O. The number of aromatic nitrogens is 3. The topological polar surface area (TPSA) is 62.2 Å². The monoisotopic (exact) mass is 393 g/mol. The zero-order chi connectivity index (χ0) is 20.3. The molecule has 1 amide bonds.